The van der Waals surface area contributed by atoms with Crippen molar-refractivity contribution in [3.63, 3.8) is 0 Å². The lowest BCUT2D eigenvalue weighted by Crippen LogP contribution is -2.19. The van der Waals surface area contributed by atoms with Crippen LogP contribution in [0.25, 0.3) is 0 Å². The monoisotopic (exact) mass is 255 g/mol. The first-order valence-electron chi connectivity index (χ1n) is 4.50. The van der Waals surface area contributed by atoms with Crippen LogP contribution in [0.5, 0.6) is 0 Å². The number of rotatable bonds is 3. The van der Waals surface area contributed by atoms with Gasteiger partial charge in [0, 0.05) is 10.0 Å². The van der Waals surface area contributed by atoms with E-state index in [0.29, 0.717) is 6.54 Å². The van der Waals surface area contributed by atoms with Gasteiger partial charge in [-0.3, -0.25) is 4.79 Å². The van der Waals surface area contributed by atoms with Gasteiger partial charge in [-0.1, -0.05) is 22.0 Å². The average molecular weight is 256 g/mol. The molecule has 0 fully saturated rings. The van der Waals surface area contributed by atoms with Crippen molar-refractivity contribution in [1.29, 1.82) is 0 Å². The van der Waals surface area contributed by atoms with Crippen molar-refractivity contribution in [2.75, 3.05) is 13.6 Å². The fraction of sp³-hybridized carbons (Fsp3) is 0.364. The molecule has 1 N–H and O–H groups in total. The molecule has 0 aliphatic rings. The lowest BCUT2D eigenvalue weighted by molar-refractivity contribution is 0.0992. The van der Waals surface area contributed by atoms with Gasteiger partial charge >= 0.3 is 0 Å². The molecule has 0 aliphatic carbocycles. The molecule has 0 radical (unpaired) electrons. The zero-order valence-corrected chi connectivity index (χ0v) is 10.2. The summed E-state index contributed by atoms with van der Waals surface area (Å²) in [6.07, 6.45) is 0. The number of Topliss-reactive ketones (excluding diaryl/α,β-unsaturated/α-hetero) is 1. The highest BCUT2D eigenvalue weighted by Gasteiger charge is 2.12. The summed E-state index contributed by atoms with van der Waals surface area (Å²) in [5, 5.41) is 2.86. The fourth-order valence-electron chi connectivity index (χ4n) is 1.52. The van der Waals surface area contributed by atoms with Crippen LogP contribution in [0.4, 0.5) is 0 Å². The van der Waals surface area contributed by atoms with E-state index in [4.69, 9.17) is 0 Å². The van der Waals surface area contributed by atoms with E-state index in [0.717, 1.165) is 21.2 Å². The highest BCUT2D eigenvalue weighted by Crippen LogP contribution is 2.22. The lowest BCUT2D eigenvalue weighted by atomic mass is 10.0. The number of aryl methyl sites for hydroxylation is 2. The molecule has 1 aromatic rings. The Morgan fingerprint density at radius 1 is 1.43 bits per heavy atom. The van der Waals surface area contributed by atoms with Crippen LogP contribution in [0.3, 0.4) is 0 Å². The number of hydrogen-bond donors (Lipinski definition) is 1. The number of likely N-dealkylation sites (N-methyl/N-ethyl adjacent to an activating group) is 1. The maximum atomic E-state index is 11.7. The average Bonchev–Trinajstić information content (AvgIpc) is 2.01. The minimum Gasteiger partial charge on any atom is -0.313 e. The van der Waals surface area contributed by atoms with Crippen molar-refractivity contribution in [1.82, 2.24) is 5.32 Å². The van der Waals surface area contributed by atoms with Crippen LogP contribution in [-0.4, -0.2) is 19.4 Å². The first-order valence-corrected chi connectivity index (χ1v) is 5.30. The molecule has 0 aromatic heterocycles. The van der Waals surface area contributed by atoms with Gasteiger partial charge in [-0.15, -0.1) is 0 Å². The van der Waals surface area contributed by atoms with Gasteiger partial charge < -0.3 is 5.32 Å². The topological polar surface area (TPSA) is 29.1 Å². The van der Waals surface area contributed by atoms with E-state index in [1.54, 1.807) is 7.05 Å². The van der Waals surface area contributed by atoms with E-state index in [1.807, 2.05) is 26.0 Å². The summed E-state index contributed by atoms with van der Waals surface area (Å²) in [7, 11) is 1.77. The molecule has 2 nitrogen and oxygen atoms in total. The van der Waals surface area contributed by atoms with Gasteiger partial charge in [-0.2, -0.15) is 0 Å². The number of nitrogens with one attached hydrogen (secondary N) is 1. The minimum absolute atomic E-state index is 0.122. The van der Waals surface area contributed by atoms with Gasteiger partial charge in [-0.05, 0) is 38.1 Å². The Balaban J connectivity index is 3.14. The summed E-state index contributed by atoms with van der Waals surface area (Å²) >= 11 is 3.42. The third-order valence-corrected chi connectivity index (χ3v) is 2.67. The first kappa shape index (κ1) is 11.4. The standard InChI is InChI=1S/C11H14BrNO/c1-7-4-8(2)11(9(12)5-7)10(14)6-13-3/h4-5,13H,6H2,1-3H3. The largest absolute Gasteiger partial charge is 0.313 e. The summed E-state index contributed by atoms with van der Waals surface area (Å²) in [4.78, 5) is 11.7. The molecule has 0 saturated heterocycles. The second kappa shape index (κ2) is 4.71. The van der Waals surface area contributed by atoms with E-state index in [9.17, 15) is 4.79 Å². The van der Waals surface area contributed by atoms with Crippen LogP contribution in [0.15, 0.2) is 16.6 Å². The Hall–Kier alpha value is -0.670. The molecule has 14 heavy (non-hydrogen) atoms. The fourth-order valence-corrected chi connectivity index (χ4v) is 2.41. The zero-order valence-electron chi connectivity index (χ0n) is 8.65. The number of carbonyl (C=O) groups excluding carboxylic acids is 1. The molecule has 0 atom stereocenters. The summed E-state index contributed by atoms with van der Waals surface area (Å²) in [6, 6.07) is 3.99. The van der Waals surface area contributed by atoms with Crippen LogP contribution in [0.2, 0.25) is 0 Å². The molecule has 0 unspecified atom stereocenters. The quantitative estimate of drug-likeness (QED) is 0.842. The van der Waals surface area contributed by atoms with Crippen molar-refractivity contribution in [2.45, 2.75) is 13.8 Å². The van der Waals surface area contributed by atoms with E-state index >= 15 is 0 Å². The highest BCUT2D eigenvalue weighted by atomic mass is 79.9. The normalized spacial score (nSPS) is 10.3. The number of carbonyl (C=O) groups is 1. The molecule has 0 heterocycles. The SMILES string of the molecule is CNCC(=O)c1c(C)cc(C)cc1Br. The van der Waals surface area contributed by atoms with Crippen LogP contribution in [0, 0.1) is 13.8 Å². The molecule has 1 aromatic carbocycles. The Labute approximate surface area is 92.8 Å². The Kier molecular flexibility index (Phi) is 3.84. The summed E-state index contributed by atoms with van der Waals surface area (Å²) in [5.74, 6) is 0.122. The number of ketones is 1. The lowest BCUT2D eigenvalue weighted by Gasteiger charge is -2.08. The van der Waals surface area contributed by atoms with E-state index < -0.39 is 0 Å². The molecule has 76 valence electrons. The van der Waals surface area contributed by atoms with Gasteiger partial charge in [0.25, 0.3) is 0 Å². The van der Waals surface area contributed by atoms with Gasteiger partial charge in [0.15, 0.2) is 5.78 Å². The van der Waals surface area contributed by atoms with Crippen molar-refractivity contribution in [3.8, 4) is 0 Å². The Bertz CT molecular complexity index is 337. The first-order chi connectivity index (χ1) is 6.56. The Morgan fingerprint density at radius 3 is 2.57 bits per heavy atom. The van der Waals surface area contributed by atoms with E-state index in [-0.39, 0.29) is 5.78 Å². The van der Waals surface area contributed by atoms with Crippen LogP contribution in [0.1, 0.15) is 21.5 Å². The molecule has 0 saturated carbocycles. The molecule has 3 heteroatoms. The van der Waals surface area contributed by atoms with Gasteiger partial charge in [-0.25, -0.2) is 0 Å². The van der Waals surface area contributed by atoms with Gasteiger partial charge in [0.05, 0.1) is 6.54 Å². The van der Waals surface area contributed by atoms with Gasteiger partial charge in [0.1, 0.15) is 0 Å². The maximum Gasteiger partial charge on any atom is 0.177 e. The summed E-state index contributed by atoms with van der Waals surface area (Å²) < 4.78 is 0.884. The highest BCUT2D eigenvalue weighted by molar-refractivity contribution is 9.10. The third-order valence-electron chi connectivity index (χ3n) is 2.05. The smallest absolute Gasteiger partial charge is 0.177 e. The Morgan fingerprint density at radius 2 is 2.07 bits per heavy atom. The van der Waals surface area contributed by atoms with Gasteiger partial charge in [0.2, 0.25) is 0 Å². The summed E-state index contributed by atoms with van der Waals surface area (Å²) in [6.45, 7) is 4.35. The molecule has 0 spiro atoms. The number of benzene rings is 1. The molecule has 0 amide bonds. The molecular formula is C11H14BrNO. The third kappa shape index (κ3) is 2.42. The second-order valence-electron chi connectivity index (χ2n) is 3.39. The van der Waals surface area contributed by atoms with E-state index in [1.165, 1.54) is 0 Å². The molecule has 1 rings (SSSR count). The second-order valence-corrected chi connectivity index (χ2v) is 4.25. The van der Waals surface area contributed by atoms with Crippen LogP contribution >= 0.6 is 15.9 Å². The molecular weight excluding hydrogens is 242 g/mol. The van der Waals surface area contributed by atoms with Crippen LogP contribution < -0.4 is 5.32 Å². The van der Waals surface area contributed by atoms with Crippen molar-refractivity contribution in [2.24, 2.45) is 0 Å². The van der Waals surface area contributed by atoms with Crippen molar-refractivity contribution in [3.05, 3.63) is 33.3 Å². The predicted octanol–water partition coefficient (Wildman–Crippen LogP) is 2.47. The van der Waals surface area contributed by atoms with Crippen molar-refractivity contribution >= 4 is 21.7 Å². The molecule has 0 aliphatic heterocycles. The number of hydrogen-bond acceptors (Lipinski definition) is 2. The van der Waals surface area contributed by atoms with E-state index in [2.05, 4.69) is 21.2 Å². The predicted molar refractivity (Wildman–Crippen MR) is 61.9 cm³/mol. The molecule has 0 bridgehead atoms. The van der Waals surface area contributed by atoms with Crippen molar-refractivity contribution < 1.29 is 4.79 Å². The minimum atomic E-state index is 0.122. The number of halogens is 1. The van der Waals surface area contributed by atoms with Crippen LogP contribution in [-0.2, 0) is 0 Å². The zero-order chi connectivity index (χ0) is 10.7. The summed E-state index contributed by atoms with van der Waals surface area (Å²) in [5.41, 5.74) is 2.97. The maximum absolute atomic E-state index is 11.7.